The Morgan fingerprint density at radius 2 is 1.80 bits per heavy atom. The number of ether oxygens (including phenoxy) is 1. The van der Waals surface area contributed by atoms with E-state index in [9.17, 15) is 8.42 Å². The molecule has 0 unspecified atom stereocenters. The van der Waals surface area contributed by atoms with Crippen LogP contribution >= 0.6 is 0 Å². The molecule has 0 atom stereocenters. The Labute approximate surface area is 122 Å². The van der Waals surface area contributed by atoms with E-state index in [1.54, 1.807) is 6.92 Å². The van der Waals surface area contributed by atoms with Crippen LogP contribution in [0.15, 0.2) is 12.1 Å². The van der Waals surface area contributed by atoms with E-state index in [4.69, 9.17) is 10.5 Å². The summed E-state index contributed by atoms with van der Waals surface area (Å²) in [6.07, 6.45) is 1.39. The van der Waals surface area contributed by atoms with Crippen LogP contribution < -0.4 is 10.5 Å². The van der Waals surface area contributed by atoms with E-state index in [-0.39, 0.29) is 11.5 Å². The molecule has 0 heterocycles. The van der Waals surface area contributed by atoms with E-state index in [1.807, 2.05) is 13.8 Å². The van der Waals surface area contributed by atoms with E-state index in [0.29, 0.717) is 19.6 Å². The molecule has 0 radical (unpaired) electrons. The van der Waals surface area contributed by atoms with Crippen molar-refractivity contribution < 1.29 is 13.2 Å². The number of hydrogen-bond donors (Lipinski definition) is 1. The third-order valence-corrected chi connectivity index (χ3v) is 5.03. The fourth-order valence-corrected chi connectivity index (χ4v) is 3.02. The van der Waals surface area contributed by atoms with Gasteiger partial charge in [-0.3, -0.25) is 0 Å². The van der Waals surface area contributed by atoms with Crippen LogP contribution in [0.4, 0.5) is 0 Å². The van der Waals surface area contributed by atoms with E-state index >= 15 is 0 Å². The summed E-state index contributed by atoms with van der Waals surface area (Å²) < 4.78 is 28.5. The van der Waals surface area contributed by atoms with Gasteiger partial charge in [0.05, 0.1) is 12.4 Å². The maximum absolute atomic E-state index is 11.4. The summed E-state index contributed by atoms with van der Waals surface area (Å²) in [5, 5.41) is 0. The van der Waals surface area contributed by atoms with Crippen molar-refractivity contribution in [2.45, 2.75) is 33.6 Å². The molecule has 0 bridgehead atoms. The molecule has 0 amide bonds. The van der Waals surface area contributed by atoms with Crippen LogP contribution in [0.5, 0.6) is 5.75 Å². The average molecular weight is 299 g/mol. The molecule has 2 N–H and O–H groups in total. The monoisotopic (exact) mass is 299 g/mol. The summed E-state index contributed by atoms with van der Waals surface area (Å²) in [7, 11) is -2.90. The zero-order valence-corrected chi connectivity index (χ0v) is 13.4. The summed E-state index contributed by atoms with van der Waals surface area (Å²) in [4.78, 5) is 0. The molecule has 0 aliphatic rings. The number of hydrogen-bond acceptors (Lipinski definition) is 4. The molecular weight excluding hydrogens is 274 g/mol. The first-order valence-corrected chi connectivity index (χ1v) is 8.85. The molecule has 0 saturated carbocycles. The lowest BCUT2D eigenvalue weighted by Gasteiger charge is -2.14. The van der Waals surface area contributed by atoms with Crippen molar-refractivity contribution in [1.29, 1.82) is 0 Å². The Bertz CT molecular complexity index is 515. The first-order chi connectivity index (χ1) is 9.39. The molecule has 1 rings (SSSR count). The molecule has 0 aliphatic heterocycles. The average Bonchev–Trinajstić information content (AvgIpc) is 2.37. The van der Waals surface area contributed by atoms with Gasteiger partial charge in [0.25, 0.3) is 0 Å². The van der Waals surface area contributed by atoms with E-state index in [2.05, 4.69) is 12.1 Å². The third-order valence-electron chi connectivity index (χ3n) is 3.24. The molecule has 5 heteroatoms. The van der Waals surface area contributed by atoms with Crippen molar-refractivity contribution >= 4 is 9.84 Å². The zero-order chi connectivity index (χ0) is 15.2. The highest BCUT2D eigenvalue weighted by Gasteiger charge is 2.09. The van der Waals surface area contributed by atoms with Crippen molar-refractivity contribution in [1.82, 2.24) is 0 Å². The van der Waals surface area contributed by atoms with Gasteiger partial charge < -0.3 is 10.5 Å². The second-order valence-electron chi connectivity index (χ2n) is 5.04. The van der Waals surface area contributed by atoms with Gasteiger partial charge in [-0.15, -0.1) is 0 Å². The van der Waals surface area contributed by atoms with Crippen LogP contribution in [0.25, 0.3) is 0 Å². The van der Waals surface area contributed by atoms with Crippen LogP contribution in [-0.2, 0) is 16.3 Å². The lowest BCUT2D eigenvalue weighted by Crippen LogP contribution is -2.12. The van der Waals surface area contributed by atoms with Crippen molar-refractivity contribution in [2.24, 2.45) is 5.73 Å². The predicted molar refractivity (Wildman–Crippen MR) is 83.1 cm³/mol. The number of benzene rings is 1. The fourth-order valence-electron chi connectivity index (χ4n) is 2.18. The molecule has 0 aromatic heterocycles. The maximum Gasteiger partial charge on any atom is 0.150 e. The van der Waals surface area contributed by atoms with Crippen LogP contribution in [0.2, 0.25) is 0 Å². The molecular formula is C15H25NO3S. The summed E-state index contributed by atoms with van der Waals surface area (Å²) in [6.45, 7) is 6.74. The highest BCUT2D eigenvalue weighted by Crippen LogP contribution is 2.25. The number of rotatable bonds is 8. The quantitative estimate of drug-likeness (QED) is 0.746. The van der Waals surface area contributed by atoms with Crippen LogP contribution in [-0.4, -0.2) is 33.1 Å². The standard InChI is InChI=1S/C15H25NO3S/c1-4-20(17,18)9-5-8-19-15-12(2)10-14(6-7-16)11-13(15)3/h10-11H,4-9,16H2,1-3H3. The molecule has 1 aromatic carbocycles. The predicted octanol–water partition coefficient (Wildman–Crippen LogP) is 2.01. The van der Waals surface area contributed by atoms with Gasteiger partial charge >= 0.3 is 0 Å². The molecule has 20 heavy (non-hydrogen) atoms. The second-order valence-corrected chi connectivity index (χ2v) is 7.51. The van der Waals surface area contributed by atoms with Crippen molar-refractivity contribution in [3.05, 3.63) is 28.8 Å². The number of nitrogens with two attached hydrogens (primary N) is 1. The van der Waals surface area contributed by atoms with E-state index in [0.717, 1.165) is 23.3 Å². The minimum atomic E-state index is -2.90. The topological polar surface area (TPSA) is 69.4 Å². The van der Waals surface area contributed by atoms with Crippen molar-refractivity contribution in [2.75, 3.05) is 24.7 Å². The Hall–Kier alpha value is -1.07. The zero-order valence-electron chi connectivity index (χ0n) is 12.6. The summed E-state index contributed by atoms with van der Waals surface area (Å²) in [5.74, 6) is 1.24. The Morgan fingerprint density at radius 1 is 1.20 bits per heavy atom. The first kappa shape index (κ1) is 17.0. The normalized spacial score (nSPS) is 11.6. The van der Waals surface area contributed by atoms with Crippen LogP contribution in [0.3, 0.4) is 0 Å². The van der Waals surface area contributed by atoms with Crippen LogP contribution in [0.1, 0.15) is 30.0 Å². The molecule has 0 fully saturated rings. The van der Waals surface area contributed by atoms with Crippen LogP contribution in [0, 0.1) is 13.8 Å². The summed E-state index contributed by atoms with van der Waals surface area (Å²) in [6, 6.07) is 4.16. The summed E-state index contributed by atoms with van der Waals surface area (Å²) in [5.41, 5.74) is 8.93. The second kappa shape index (κ2) is 7.64. The van der Waals surface area contributed by atoms with Crippen molar-refractivity contribution in [3.8, 4) is 5.75 Å². The van der Waals surface area contributed by atoms with Gasteiger partial charge in [0.1, 0.15) is 15.6 Å². The van der Waals surface area contributed by atoms with Gasteiger partial charge in [-0.2, -0.15) is 0 Å². The van der Waals surface area contributed by atoms with Gasteiger partial charge in [0.2, 0.25) is 0 Å². The van der Waals surface area contributed by atoms with Gasteiger partial charge in [-0.25, -0.2) is 8.42 Å². The first-order valence-electron chi connectivity index (χ1n) is 7.03. The molecule has 1 aromatic rings. The Balaban J connectivity index is 2.60. The molecule has 114 valence electrons. The number of aryl methyl sites for hydroxylation is 2. The molecule has 4 nitrogen and oxygen atoms in total. The fraction of sp³-hybridized carbons (Fsp3) is 0.600. The Morgan fingerprint density at radius 3 is 2.30 bits per heavy atom. The lowest BCUT2D eigenvalue weighted by molar-refractivity contribution is 0.313. The molecule has 0 saturated heterocycles. The highest BCUT2D eigenvalue weighted by atomic mass is 32.2. The maximum atomic E-state index is 11.4. The van der Waals surface area contributed by atoms with Gasteiger partial charge in [0, 0.05) is 5.75 Å². The third kappa shape index (κ3) is 5.13. The number of sulfone groups is 1. The molecule has 0 spiro atoms. The summed E-state index contributed by atoms with van der Waals surface area (Å²) >= 11 is 0. The van der Waals surface area contributed by atoms with Crippen molar-refractivity contribution in [3.63, 3.8) is 0 Å². The van der Waals surface area contributed by atoms with Gasteiger partial charge in [-0.05, 0) is 49.9 Å². The minimum absolute atomic E-state index is 0.187. The van der Waals surface area contributed by atoms with E-state index < -0.39 is 9.84 Å². The van der Waals surface area contributed by atoms with Gasteiger partial charge in [-0.1, -0.05) is 19.1 Å². The SMILES string of the molecule is CCS(=O)(=O)CCCOc1c(C)cc(CCN)cc1C. The highest BCUT2D eigenvalue weighted by molar-refractivity contribution is 7.91. The lowest BCUT2D eigenvalue weighted by atomic mass is 10.0. The largest absolute Gasteiger partial charge is 0.493 e. The Kier molecular flexibility index (Phi) is 6.49. The smallest absolute Gasteiger partial charge is 0.150 e. The van der Waals surface area contributed by atoms with E-state index in [1.165, 1.54) is 5.56 Å². The molecule has 0 aliphatic carbocycles. The minimum Gasteiger partial charge on any atom is -0.493 e. The van der Waals surface area contributed by atoms with Gasteiger partial charge in [0.15, 0.2) is 0 Å².